The zero-order valence-electron chi connectivity index (χ0n) is 12.8. The van der Waals surface area contributed by atoms with E-state index >= 15 is 0 Å². The summed E-state index contributed by atoms with van der Waals surface area (Å²) in [7, 11) is 0. The quantitative estimate of drug-likeness (QED) is 0.718. The second-order valence-corrected chi connectivity index (χ2v) is 6.22. The van der Waals surface area contributed by atoms with Crippen molar-refractivity contribution in [2.45, 2.75) is 56.5 Å². The molecule has 2 aliphatic heterocycles. The standard InChI is InChI=1S/C15H24N2O5/c18-13(16-8-11-4-3-7-20-11)14(19)17-9-12-10-21-15(22-12)5-1-2-6-15/h11-12H,1-10H2,(H,16,18)(H,17,19)/t11-,12+/m1/s1. The van der Waals surface area contributed by atoms with E-state index in [4.69, 9.17) is 14.2 Å². The van der Waals surface area contributed by atoms with Gasteiger partial charge in [-0.05, 0) is 25.7 Å². The molecule has 0 bridgehead atoms. The molecule has 3 rings (SSSR count). The first kappa shape index (κ1) is 15.7. The topological polar surface area (TPSA) is 85.9 Å². The fourth-order valence-corrected chi connectivity index (χ4v) is 3.27. The van der Waals surface area contributed by atoms with E-state index < -0.39 is 17.6 Å². The van der Waals surface area contributed by atoms with Crippen LogP contribution in [-0.4, -0.2) is 56.1 Å². The van der Waals surface area contributed by atoms with Gasteiger partial charge in [0.2, 0.25) is 0 Å². The van der Waals surface area contributed by atoms with Crippen LogP contribution in [0, 0.1) is 0 Å². The second-order valence-electron chi connectivity index (χ2n) is 6.22. The number of nitrogens with one attached hydrogen (secondary N) is 2. The average molecular weight is 312 g/mol. The molecule has 3 fully saturated rings. The Morgan fingerprint density at radius 1 is 1.00 bits per heavy atom. The van der Waals surface area contributed by atoms with E-state index in [0.29, 0.717) is 19.7 Å². The van der Waals surface area contributed by atoms with E-state index in [1.54, 1.807) is 0 Å². The van der Waals surface area contributed by atoms with Crippen LogP contribution in [0.4, 0.5) is 0 Å². The Morgan fingerprint density at radius 2 is 1.68 bits per heavy atom. The summed E-state index contributed by atoms with van der Waals surface area (Å²) in [5.41, 5.74) is 0. The molecule has 2 saturated heterocycles. The highest BCUT2D eigenvalue weighted by Crippen LogP contribution is 2.38. The Balaban J connectivity index is 1.34. The summed E-state index contributed by atoms with van der Waals surface area (Å²) < 4.78 is 17.0. The molecule has 0 aromatic rings. The van der Waals surface area contributed by atoms with Crippen molar-refractivity contribution in [1.82, 2.24) is 10.6 Å². The maximum atomic E-state index is 11.8. The predicted octanol–water partition coefficient (Wildman–Crippen LogP) is 0.0835. The molecule has 1 spiro atoms. The lowest BCUT2D eigenvalue weighted by Crippen LogP contribution is -2.45. The zero-order valence-corrected chi connectivity index (χ0v) is 12.8. The summed E-state index contributed by atoms with van der Waals surface area (Å²) in [4.78, 5) is 23.5. The van der Waals surface area contributed by atoms with E-state index in [0.717, 1.165) is 45.1 Å². The van der Waals surface area contributed by atoms with Gasteiger partial charge in [-0.3, -0.25) is 9.59 Å². The van der Waals surface area contributed by atoms with Gasteiger partial charge in [0.1, 0.15) is 6.10 Å². The van der Waals surface area contributed by atoms with Crippen LogP contribution in [0.5, 0.6) is 0 Å². The predicted molar refractivity (Wildman–Crippen MR) is 77.0 cm³/mol. The van der Waals surface area contributed by atoms with Gasteiger partial charge in [0.25, 0.3) is 0 Å². The lowest BCUT2D eigenvalue weighted by atomic mass is 10.2. The van der Waals surface area contributed by atoms with E-state index in [-0.39, 0.29) is 12.2 Å². The van der Waals surface area contributed by atoms with Crippen molar-refractivity contribution in [2.75, 3.05) is 26.3 Å². The molecule has 3 aliphatic rings. The van der Waals surface area contributed by atoms with Crippen molar-refractivity contribution in [1.29, 1.82) is 0 Å². The molecular weight excluding hydrogens is 288 g/mol. The summed E-state index contributed by atoms with van der Waals surface area (Å²) in [6.07, 6.45) is 5.86. The van der Waals surface area contributed by atoms with Crippen LogP contribution < -0.4 is 10.6 Å². The third-order valence-corrected chi connectivity index (χ3v) is 4.49. The smallest absolute Gasteiger partial charge is 0.309 e. The first-order valence-electron chi connectivity index (χ1n) is 8.16. The Kier molecular flexibility index (Phi) is 4.95. The third kappa shape index (κ3) is 3.77. The molecule has 22 heavy (non-hydrogen) atoms. The van der Waals surface area contributed by atoms with Crippen molar-refractivity contribution < 1.29 is 23.8 Å². The molecule has 0 aromatic carbocycles. The van der Waals surface area contributed by atoms with Gasteiger partial charge in [-0.1, -0.05) is 0 Å². The molecule has 7 nitrogen and oxygen atoms in total. The molecule has 0 radical (unpaired) electrons. The first-order chi connectivity index (χ1) is 10.7. The molecule has 124 valence electrons. The first-order valence-corrected chi connectivity index (χ1v) is 8.16. The minimum absolute atomic E-state index is 0.0329. The number of carbonyl (C=O) groups is 2. The van der Waals surface area contributed by atoms with Gasteiger partial charge in [0.05, 0.1) is 12.7 Å². The fraction of sp³-hybridized carbons (Fsp3) is 0.867. The van der Waals surface area contributed by atoms with E-state index in [1.807, 2.05) is 0 Å². The second kappa shape index (κ2) is 6.93. The van der Waals surface area contributed by atoms with Crippen molar-refractivity contribution in [3.8, 4) is 0 Å². The summed E-state index contributed by atoms with van der Waals surface area (Å²) in [6, 6.07) is 0. The number of rotatable bonds is 4. The Bertz CT molecular complexity index is 416. The Morgan fingerprint density at radius 3 is 2.32 bits per heavy atom. The monoisotopic (exact) mass is 312 g/mol. The van der Waals surface area contributed by atoms with Crippen molar-refractivity contribution in [2.24, 2.45) is 0 Å². The van der Waals surface area contributed by atoms with Crippen LogP contribution in [0.15, 0.2) is 0 Å². The van der Waals surface area contributed by atoms with Gasteiger partial charge >= 0.3 is 11.8 Å². The highest BCUT2D eigenvalue weighted by Gasteiger charge is 2.43. The molecule has 1 saturated carbocycles. The molecule has 0 unspecified atom stereocenters. The molecule has 2 atom stereocenters. The number of hydrogen-bond acceptors (Lipinski definition) is 5. The van der Waals surface area contributed by atoms with Crippen molar-refractivity contribution in [3.63, 3.8) is 0 Å². The van der Waals surface area contributed by atoms with Gasteiger partial charge in [-0.2, -0.15) is 0 Å². The lowest BCUT2D eigenvalue weighted by molar-refractivity contribution is -0.161. The van der Waals surface area contributed by atoms with Gasteiger partial charge in [-0.25, -0.2) is 0 Å². The van der Waals surface area contributed by atoms with Crippen LogP contribution in [-0.2, 0) is 23.8 Å². The SMILES string of the molecule is O=C(NC[C@H]1CCCO1)C(=O)NC[C@H]1COC2(CCCC2)O1. The van der Waals surface area contributed by atoms with Crippen LogP contribution in [0.25, 0.3) is 0 Å². The number of carbonyl (C=O) groups excluding carboxylic acids is 2. The minimum Gasteiger partial charge on any atom is -0.376 e. The molecule has 2 amide bonds. The number of amides is 2. The Hall–Kier alpha value is -1.18. The molecule has 2 N–H and O–H groups in total. The molecule has 1 aliphatic carbocycles. The number of hydrogen-bond donors (Lipinski definition) is 2. The number of ether oxygens (including phenoxy) is 3. The fourth-order valence-electron chi connectivity index (χ4n) is 3.27. The maximum Gasteiger partial charge on any atom is 0.309 e. The van der Waals surface area contributed by atoms with E-state index in [1.165, 1.54) is 0 Å². The van der Waals surface area contributed by atoms with Crippen LogP contribution in [0.2, 0.25) is 0 Å². The zero-order chi connectivity index (χ0) is 15.4. The van der Waals surface area contributed by atoms with Gasteiger partial charge in [-0.15, -0.1) is 0 Å². The average Bonchev–Trinajstić information content (AvgIpc) is 3.26. The third-order valence-electron chi connectivity index (χ3n) is 4.49. The Labute approximate surface area is 130 Å². The highest BCUT2D eigenvalue weighted by molar-refractivity contribution is 6.35. The largest absolute Gasteiger partial charge is 0.376 e. The summed E-state index contributed by atoms with van der Waals surface area (Å²) in [5.74, 6) is -1.68. The van der Waals surface area contributed by atoms with E-state index in [9.17, 15) is 9.59 Å². The van der Waals surface area contributed by atoms with Gasteiger partial charge in [0.15, 0.2) is 5.79 Å². The maximum absolute atomic E-state index is 11.8. The highest BCUT2D eigenvalue weighted by atomic mass is 16.7. The summed E-state index contributed by atoms with van der Waals surface area (Å²) >= 11 is 0. The van der Waals surface area contributed by atoms with Gasteiger partial charge < -0.3 is 24.8 Å². The minimum atomic E-state index is -0.631. The normalized spacial score (nSPS) is 29.8. The van der Waals surface area contributed by atoms with Crippen molar-refractivity contribution >= 4 is 11.8 Å². The molecular formula is C15H24N2O5. The molecule has 0 aromatic heterocycles. The molecule has 2 heterocycles. The summed E-state index contributed by atoms with van der Waals surface area (Å²) in [5, 5.41) is 5.21. The lowest BCUT2D eigenvalue weighted by Gasteiger charge is -2.21. The summed E-state index contributed by atoms with van der Waals surface area (Å²) in [6.45, 7) is 1.89. The molecule has 7 heteroatoms. The van der Waals surface area contributed by atoms with Crippen LogP contribution in [0.1, 0.15) is 38.5 Å². The van der Waals surface area contributed by atoms with Crippen LogP contribution in [0.3, 0.4) is 0 Å². The van der Waals surface area contributed by atoms with E-state index in [2.05, 4.69) is 10.6 Å². The van der Waals surface area contributed by atoms with Crippen LogP contribution >= 0.6 is 0 Å². The van der Waals surface area contributed by atoms with Gasteiger partial charge in [0, 0.05) is 32.5 Å². The van der Waals surface area contributed by atoms with Crippen molar-refractivity contribution in [3.05, 3.63) is 0 Å².